The summed E-state index contributed by atoms with van der Waals surface area (Å²) in [6.07, 6.45) is 0. The van der Waals surface area contributed by atoms with Gasteiger partial charge in [-0.15, -0.1) is 16.4 Å². The van der Waals surface area contributed by atoms with E-state index in [-0.39, 0.29) is 17.3 Å². The monoisotopic (exact) mass is 348 g/mol. The van der Waals surface area contributed by atoms with E-state index < -0.39 is 5.82 Å². The van der Waals surface area contributed by atoms with Crippen molar-refractivity contribution in [2.45, 2.75) is 12.1 Å². The topological polar surface area (TPSA) is 70.7 Å². The number of halogens is 1. The van der Waals surface area contributed by atoms with E-state index in [1.807, 2.05) is 17.5 Å². The van der Waals surface area contributed by atoms with Crippen LogP contribution in [-0.2, 0) is 4.79 Å². The molecule has 0 saturated carbocycles. The first kappa shape index (κ1) is 15.7. The van der Waals surface area contributed by atoms with Gasteiger partial charge in [0.25, 0.3) is 0 Å². The van der Waals surface area contributed by atoms with Crippen molar-refractivity contribution in [3.05, 3.63) is 47.1 Å². The van der Waals surface area contributed by atoms with Crippen LogP contribution in [0.2, 0.25) is 0 Å². The van der Waals surface area contributed by atoms with Gasteiger partial charge in [0.15, 0.2) is 5.82 Å². The molecule has 0 radical (unpaired) electrons. The van der Waals surface area contributed by atoms with Gasteiger partial charge in [-0.05, 0) is 36.1 Å². The van der Waals surface area contributed by atoms with Crippen molar-refractivity contribution in [2.24, 2.45) is 0 Å². The molecule has 0 atom stereocenters. The zero-order valence-corrected chi connectivity index (χ0v) is 13.8. The molecule has 2 heterocycles. The summed E-state index contributed by atoms with van der Waals surface area (Å²) in [6.45, 7) is 1.79. The van der Waals surface area contributed by atoms with E-state index in [2.05, 4.69) is 20.5 Å². The minimum atomic E-state index is -0.443. The maximum atomic E-state index is 13.7. The van der Waals surface area contributed by atoms with Crippen molar-refractivity contribution in [3.8, 4) is 10.7 Å². The van der Waals surface area contributed by atoms with Gasteiger partial charge >= 0.3 is 0 Å². The Morgan fingerprint density at radius 3 is 3.04 bits per heavy atom. The molecule has 0 aliphatic heterocycles. The fourth-order valence-electron chi connectivity index (χ4n) is 1.87. The number of anilines is 1. The Morgan fingerprint density at radius 1 is 1.43 bits per heavy atom. The number of nitrogens with one attached hydrogen (secondary N) is 2. The lowest BCUT2D eigenvalue weighted by molar-refractivity contribution is -0.113. The lowest BCUT2D eigenvalue weighted by Gasteiger charge is -2.06. The van der Waals surface area contributed by atoms with E-state index in [0.29, 0.717) is 11.0 Å². The average molecular weight is 348 g/mol. The molecular weight excluding hydrogens is 335 g/mol. The van der Waals surface area contributed by atoms with Crippen LogP contribution in [0.3, 0.4) is 0 Å². The number of thiophene rings is 1. The smallest absolute Gasteiger partial charge is 0.234 e. The molecule has 0 unspecified atom stereocenters. The number of H-pyrrole nitrogens is 1. The van der Waals surface area contributed by atoms with Gasteiger partial charge in [0.1, 0.15) is 5.82 Å². The van der Waals surface area contributed by atoms with Crippen molar-refractivity contribution in [2.75, 3.05) is 11.1 Å². The fourth-order valence-corrected chi connectivity index (χ4v) is 3.13. The third-order valence-electron chi connectivity index (χ3n) is 2.95. The Bertz CT molecular complexity index is 817. The number of hydrogen-bond donors (Lipinski definition) is 2. The highest BCUT2D eigenvalue weighted by molar-refractivity contribution is 7.99. The van der Waals surface area contributed by atoms with E-state index in [9.17, 15) is 9.18 Å². The lowest BCUT2D eigenvalue weighted by atomic mass is 10.2. The molecule has 0 fully saturated rings. The molecule has 23 heavy (non-hydrogen) atoms. The highest BCUT2D eigenvalue weighted by Gasteiger charge is 2.11. The summed E-state index contributed by atoms with van der Waals surface area (Å²) < 4.78 is 13.7. The second-order valence-corrected chi connectivity index (χ2v) is 6.65. The third-order valence-corrected chi connectivity index (χ3v) is 4.67. The number of aryl methyl sites for hydroxylation is 1. The molecule has 5 nitrogen and oxygen atoms in total. The van der Waals surface area contributed by atoms with Crippen molar-refractivity contribution in [1.82, 2.24) is 15.2 Å². The minimum Gasteiger partial charge on any atom is -0.323 e. The van der Waals surface area contributed by atoms with E-state index >= 15 is 0 Å². The number of benzene rings is 1. The van der Waals surface area contributed by atoms with Gasteiger partial charge in [-0.3, -0.25) is 9.89 Å². The second-order valence-electron chi connectivity index (χ2n) is 4.76. The summed E-state index contributed by atoms with van der Waals surface area (Å²) in [5.74, 6) is 0.0311. The van der Waals surface area contributed by atoms with Gasteiger partial charge < -0.3 is 5.32 Å². The van der Waals surface area contributed by atoms with Crippen LogP contribution in [0.5, 0.6) is 0 Å². The number of carbonyl (C=O) groups is 1. The van der Waals surface area contributed by atoms with E-state index in [1.165, 1.54) is 17.8 Å². The van der Waals surface area contributed by atoms with Crippen LogP contribution >= 0.6 is 23.1 Å². The van der Waals surface area contributed by atoms with Gasteiger partial charge in [-0.1, -0.05) is 23.9 Å². The predicted molar refractivity (Wildman–Crippen MR) is 90.2 cm³/mol. The Balaban J connectivity index is 1.57. The van der Waals surface area contributed by atoms with Crippen LogP contribution in [0.4, 0.5) is 10.1 Å². The Kier molecular flexibility index (Phi) is 4.73. The van der Waals surface area contributed by atoms with Crippen molar-refractivity contribution in [1.29, 1.82) is 0 Å². The quantitative estimate of drug-likeness (QED) is 0.690. The molecule has 8 heteroatoms. The number of hydrogen-bond acceptors (Lipinski definition) is 5. The number of aromatic nitrogens is 3. The molecule has 0 saturated heterocycles. The summed E-state index contributed by atoms with van der Waals surface area (Å²) >= 11 is 2.75. The summed E-state index contributed by atoms with van der Waals surface area (Å²) in [7, 11) is 0. The summed E-state index contributed by atoms with van der Waals surface area (Å²) in [6, 6.07) is 8.54. The highest BCUT2D eigenvalue weighted by Crippen LogP contribution is 2.23. The first-order chi connectivity index (χ1) is 11.1. The maximum absolute atomic E-state index is 13.7. The van der Waals surface area contributed by atoms with Crippen LogP contribution in [0.25, 0.3) is 10.7 Å². The van der Waals surface area contributed by atoms with Crippen molar-refractivity contribution < 1.29 is 9.18 Å². The largest absolute Gasteiger partial charge is 0.323 e. The molecular formula is C15H13FN4OS2. The number of carbonyl (C=O) groups excluding carboxylic acids is 1. The Labute approximate surface area is 140 Å². The van der Waals surface area contributed by atoms with Gasteiger partial charge in [-0.25, -0.2) is 9.37 Å². The lowest BCUT2D eigenvalue weighted by Crippen LogP contribution is -2.15. The molecule has 0 aliphatic rings. The summed E-state index contributed by atoms with van der Waals surface area (Å²) in [4.78, 5) is 17.2. The molecule has 3 rings (SSSR count). The first-order valence-electron chi connectivity index (χ1n) is 6.77. The highest BCUT2D eigenvalue weighted by atomic mass is 32.2. The number of amides is 1. The molecule has 0 aliphatic carbocycles. The van der Waals surface area contributed by atoms with Gasteiger partial charge in [0.05, 0.1) is 16.3 Å². The summed E-state index contributed by atoms with van der Waals surface area (Å²) in [5, 5.41) is 11.9. The van der Waals surface area contributed by atoms with Crippen LogP contribution in [0, 0.1) is 12.7 Å². The van der Waals surface area contributed by atoms with E-state index in [1.54, 1.807) is 30.4 Å². The first-order valence-corrected chi connectivity index (χ1v) is 8.63. The zero-order chi connectivity index (χ0) is 16.2. The molecule has 2 N–H and O–H groups in total. The second kappa shape index (κ2) is 6.93. The van der Waals surface area contributed by atoms with Gasteiger partial charge in [0, 0.05) is 0 Å². The van der Waals surface area contributed by atoms with Crippen LogP contribution in [0.1, 0.15) is 5.56 Å². The van der Waals surface area contributed by atoms with E-state index in [0.717, 1.165) is 10.4 Å². The predicted octanol–water partition coefficient (Wildman–Crippen LogP) is 3.71. The van der Waals surface area contributed by atoms with Crippen LogP contribution in [-0.4, -0.2) is 26.8 Å². The fraction of sp³-hybridized carbons (Fsp3) is 0.133. The molecule has 0 spiro atoms. The summed E-state index contributed by atoms with van der Waals surface area (Å²) in [5.41, 5.74) is 0.979. The number of thioether (sulfide) groups is 1. The molecule has 118 valence electrons. The van der Waals surface area contributed by atoms with E-state index in [4.69, 9.17) is 0 Å². The number of rotatable bonds is 5. The van der Waals surface area contributed by atoms with Crippen molar-refractivity contribution >= 4 is 34.7 Å². The van der Waals surface area contributed by atoms with Crippen LogP contribution < -0.4 is 5.32 Å². The third kappa shape index (κ3) is 3.96. The standard InChI is InChI=1S/C15H13FN4OS2/c1-9-4-5-11(10(16)7-9)17-13(21)8-23-15-18-14(19-20-15)12-3-2-6-22-12/h2-7H,8H2,1H3,(H,17,21)(H,18,19,20). The van der Waals surface area contributed by atoms with Gasteiger partial charge in [-0.2, -0.15) is 0 Å². The van der Waals surface area contributed by atoms with Gasteiger partial charge in [0.2, 0.25) is 11.1 Å². The minimum absolute atomic E-state index is 0.106. The zero-order valence-electron chi connectivity index (χ0n) is 12.2. The van der Waals surface area contributed by atoms with Crippen molar-refractivity contribution in [3.63, 3.8) is 0 Å². The molecule has 1 aromatic carbocycles. The molecule has 1 amide bonds. The molecule has 0 bridgehead atoms. The average Bonchev–Trinajstić information content (AvgIpc) is 3.18. The Hall–Kier alpha value is -2.19. The van der Waals surface area contributed by atoms with Crippen LogP contribution in [0.15, 0.2) is 40.9 Å². The number of nitrogens with zero attached hydrogens (tertiary/aromatic N) is 2. The molecule has 3 aromatic rings. The Morgan fingerprint density at radius 2 is 2.30 bits per heavy atom. The SMILES string of the molecule is Cc1ccc(NC(=O)CSc2n[nH]c(-c3cccs3)n2)c(F)c1. The normalized spacial score (nSPS) is 10.7. The maximum Gasteiger partial charge on any atom is 0.234 e. The molecule has 2 aromatic heterocycles. The number of aromatic amines is 1.